The molecule has 0 spiro atoms. The Kier molecular flexibility index (Phi) is 3.73. The van der Waals surface area contributed by atoms with Gasteiger partial charge in [-0.3, -0.25) is 4.79 Å². The zero-order valence-electron chi connectivity index (χ0n) is 12.4. The number of amides is 1. The van der Waals surface area contributed by atoms with Crippen LogP contribution in [0.3, 0.4) is 0 Å². The number of hydrogen-bond acceptors (Lipinski definition) is 3. The molecule has 0 saturated carbocycles. The van der Waals surface area contributed by atoms with Crippen molar-refractivity contribution in [3.63, 3.8) is 0 Å². The number of carbonyl (C=O) groups is 1. The van der Waals surface area contributed by atoms with E-state index in [0.717, 1.165) is 12.4 Å². The van der Waals surface area contributed by atoms with Gasteiger partial charge in [0.2, 0.25) is 5.91 Å². The maximum absolute atomic E-state index is 12.2. The molecule has 0 N–H and O–H groups in total. The fraction of sp³-hybridized carbons (Fsp3) is 0.438. The van der Waals surface area contributed by atoms with Crippen LogP contribution in [0, 0.1) is 0 Å². The molecule has 2 heterocycles. The predicted molar refractivity (Wildman–Crippen MR) is 79.6 cm³/mol. The Bertz CT molecular complexity index is 620. The standard InChI is InChI=1S/C16H20N4O/c1-12(2)20-11-17-18-15(20)10-19-9-14(8-16(19)21)13-6-4-3-5-7-13/h3-7,11-12,14H,8-10H2,1-2H3/t14-/m0/s1. The predicted octanol–water partition coefficient (Wildman–Crippen LogP) is 2.38. The van der Waals surface area contributed by atoms with Crippen LogP contribution in [0.15, 0.2) is 36.7 Å². The molecular weight excluding hydrogens is 264 g/mol. The van der Waals surface area contributed by atoms with Gasteiger partial charge in [-0.2, -0.15) is 0 Å². The number of carbonyl (C=O) groups excluding carboxylic acids is 1. The van der Waals surface area contributed by atoms with E-state index in [1.54, 1.807) is 6.33 Å². The Morgan fingerprint density at radius 2 is 2.05 bits per heavy atom. The van der Waals surface area contributed by atoms with Crippen molar-refractivity contribution in [2.45, 2.75) is 38.8 Å². The monoisotopic (exact) mass is 284 g/mol. The zero-order valence-corrected chi connectivity index (χ0v) is 12.4. The molecule has 0 bridgehead atoms. The summed E-state index contributed by atoms with van der Waals surface area (Å²) < 4.78 is 2.02. The van der Waals surface area contributed by atoms with E-state index < -0.39 is 0 Å². The summed E-state index contributed by atoms with van der Waals surface area (Å²) in [7, 11) is 0. The third-order valence-electron chi connectivity index (χ3n) is 4.02. The molecule has 1 aromatic heterocycles. The third kappa shape index (κ3) is 2.82. The Hall–Kier alpha value is -2.17. The number of aromatic nitrogens is 3. The molecule has 2 aromatic rings. The van der Waals surface area contributed by atoms with Crippen LogP contribution in [0.4, 0.5) is 0 Å². The summed E-state index contributed by atoms with van der Waals surface area (Å²) in [6.07, 6.45) is 2.31. The molecule has 1 fully saturated rings. The van der Waals surface area contributed by atoms with Crippen molar-refractivity contribution in [3.05, 3.63) is 48.0 Å². The summed E-state index contributed by atoms with van der Waals surface area (Å²) in [5, 5.41) is 8.11. The van der Waals surface area contributed by atoms with Gasteiger partial charge in [0.25, 0.3) is 0 Å². The van der Waals surface area contributed by atoms with Gasteiger partial charge >= 0.3 is 0 Å². The van der Waals surface area contributed by atoms with E-state index in [4.69, 9.17) is 0 Å². The topological polar surface area (TPSA) is 51.0 Å². The maximum Gasteiger partial charge on any atom is 0.223 e. The SMILES string of the molecule is CC(C)n1cnnc1CN1C[C@@H](c2ccccc2)CC1=O. The van der Waals surface area contributed by atoms with E-state index in [1.807, 2.05) is 27.7 Å². The molecule has 1 amide bonds. The molecule has 21 heavy (non-hydrogen) atoms. The van der Waals surface area contributed by atoms with Gasteiger partial charge in [0, 0.05) is 24.9 Å². The molecule has 5 nitrogen and oxygen atoms in total. The second-order valence-electron chi connectivity index (χ2n) is 5.83. The van der Waals surface area contributed by atoms with Gasteiger partial charge in [0.05, 0.1) is 6.54 Å². The average molecular weight is 284 g/mol. The summed E-state index contributed by atoms with van der Waals surface area (Å²) in [5.74, 6) is 1.34. The summed E-state index contributed by atoms with van der Waals surface area (Å²) in [5.41, 5.74) is 1.23. The molecule has 0 radical (unpaired) electrons. The van der Waals surface area contributed by atoms with Crippen LogP contribution in [0.25, 0.3) is 0 Å². The lowest BCUT2D eigenvalue weighted by Gasteiger charge is -2.18. The van der Waals surface area contributed by atoms with Gasteiger partial charge in [-0.15, -0.1) is 10.2 Å². The molecule has 1 atom stereocenters. The molecule has 1 saturated heterocycles. The second-order valence-corrected chi connectivity index (χ2v) is 5.83. The quantitative estimate of drug-likeness (QED) is 0.866. The largest absolute Gasteiger partial charge is 0.335 e. The van der Waals surface area contributed by atoms with E-state index in [-0.39, 0.29) is 11.8 Å². The minimum absolute atomic E-state index is 0.196. The number of rotatable bonds is 4. The van der Waals surface area contributed by atoms with Gasteiger partial charge in [0.1, 0.15) is 6.33 Å². The van der Waals surface area contributed by atoms with Gasteiger partial charge < -0.3 is 9.47 Å². The van der Waals surface area contributed by atoms with Crippen molar-refractivity contribution in [1.82, 2.24) is 19.7 Å². The molecule has 1 aromatic carbocycles. The van der Waals surface area contributed by atoms with Gasteiger partial charge in [-0.05, 0) is 19.4 Å². The highest BCUT2D eigenvalue weighted by atomic mass is 16.2. The van der Waals surface area contributed by atoms with E-state index in [9.17, 15) is 4.79 Å². The fourth-order valence-electron chi connectivity index (χ4n) is 2.86. The molecule has 1 aliphatic heterocycles. The summed E-state index contributed by atoms with van der Waals surface area (Å²) >= 11 is 0. The van der Waals surface area contributed by atoms with Crippen LogP contribution < -0.4 is 0 Å². The highest BCUT2D eigenvalue weighted by Gasteiger charge is 2.31. The number of nitrogens with zero attached hydrogens (tertiary/aromatic N) is 4. The fourth-order valence-corrected chi connectivity index (χ4v) is 2.86. The lowest BCUT2D eigenvalue weighted by Crippen LogP contribution is -2.26. The molecule has 0 aliphatic carbocycles. The first-order valence-corrected chi connectivity index (χ1v) is 7.36. The van der Waals surface area contributed by atoms with Crippen molar-refractivity contribution >= 4 is 5.91 Å². The third-order valence-corrected chi connectivity index (χ3v) is 4.02. The Labute approximate surface area is 124 Å². The van der Waals surface area contributed by atoms with Crippen molar-refractivity contribution in [2.24, 2.45) is 0 Å². The molecule has 110 valence electrons. The van der Waals surface area contributed by atoms with Crippen LogP contribution in [-0.2, 0) is 11.3 Å². The highest BCUT2D eigenvalue weighted by molar-refractivity contribution is 5.79. The van der Waals surface area contributed by atoms with Crippen molar-refractivity contribution in [3.8, 4) is 0 Å². The molecular formula is C16H20N4O. The smallest absolute Gasteiger partial charge is 0.223 e. The first kappa shape index (κ1) is 13.8. The number of hydrogen-bond donors (Lipinski definition) is 0. The van der Waals surface area contributed by atoms with Gasteiger partial charge in [-0.25, -0.2) is 0 Å². The molecule has 3 rings (SSSR count). The van der Waals surface area contributed by atoms with Crippen LogP contribution in [0.5, 0.6) is 0 Å². The Balaban J connectivity index is 1.73. The lowest BCUT2D eigenvalue weighted by atomic mass is 9.99. The normalized spacial score (nSPS) is 18.7. The number of benzene rings is 1. The lowest BCUT2D eigenvalue weighted by molar-refractivity contribution is -0.128. The van der Waals surface area contributed by atoms with E-state index in [0.29, 0.717) is 19.0 Å². The van der Waals surface area contributed by atoms with Crippen molar-refractivity contribution in [2.75, 3.05) is 6.54 Å². The van der Waals surface area contributed by atoms with Crippen molar-refractivity contribution < 1.29 is 4.79 Å². The van der Waals surface area contributed by atoms with E-state index in [1.165, 1.54) is 5.56 Å². The zero-order chi connectivity index (χ0) is 14.8. The molecule has 0 unspecified atom stereocenters. The average Bonchev–Trinajstić information content (AvgIpc) is 3.08. The first-order valence-electron chi connectivity index (χ1n) is 7.36. The Morgan fingerprint density at radius 1 is 1.29 bits per heavy atom. The van der Waals surface area contributed by atoms with Crippen LogP contribution in [0.2, 0.25) is 0 Å². The van der Waals surface area contributed by atoms with Crippen LogP contribution >= 0.6 is 0 Å². The second kappa shape index (κ2) is 5.68. The highest BCUT2D eigenvalue weighted by Crippen LogP contribution is 2.28. The van der Waals surface area contributed by atoms with E-state index >= 15 is 0 Å². The van der Waals surface area contributed by atoms with Crippen molar-refractivity contribution in [1.29, 1.82) is 0 Å². The molecule has 1 aliphatic rings. The first-order chi connectivity index (χ1) is 10.1. The summed E-state index contributed by atoms with van der Waals surface area (Å²) in [6.45, 7) is 5.48. The van der Waals surface area contributed by atoms with E-state index in [2.05, 4.69) is 36.2 Å². The summed E-state index contributed by atoms with van der Waals surface area (Å²) in [4.78, 5) is 14.1. The Morgan fingerprint density at radius 3 is 2.76 bits per heavy atom. The molecule has 5 heteroatoms. The minimum Gasteiger partial charge on any atom is -0.335 e. The van der Waals surface area contributed by atoms with Gasteiger partial charge in [0.15, 0.2) is 5.82 Å². The maximum atomic E-state index is 12.2. The summed E-state index contributed by atoms with van der Waals surface area (Å²) in [6, 6.07) is 10.5. The van der Waals surface area contributed by atoms with Crippen LogP contribution in [0.1, 0.15) is 43.6 Å². The van der Waals surface area contributed by atoms with Gasteiger partial charge in [-0.1, -0.05) is 30.3 Å². The van der Waals surface area contributed by atoms with Crippen LogP contribution in [-0.4, -0.2) is 32.1 Å². The minimum atomic E-state index is 0.196. The number of likely N-dealkylation sites (tertiary alicyclic amines) is 1.